The van der Waals surface area contributed by atoms with Crippen molar-refractivity contribution < 1.29 is 32.6 Å². The van der Waals surface area contributed by atoms with Crippen molar-refractivity contribution >= 4 is 34.4 Å². The van der Waals surface area contributed by atoms with E-state index in [-0.39, 0.29) is 24.4 Å². The van der Waals surface area contributed by atoms with Crippen molar-refractivity contribution in [1.29, 1.82) is 0 Å². The zero-order valence-corrected chi connectivity index (χ0v) is 16.1. The second-order valence-electron chi connectivity index (χ2n) is 6.24. The minimum Gasteiger partial charge on any atom is -0.456 e. The van der Waals surface area contributed by atoms with Gasteiger partial charge in [0.2, 0.25) is 0 Å². The van der Waals surface area contributed by atoms with E-state index in [2.05, 4.69) is 25.6 Å². The number of aromatic amines is 1. The molecule has 3 aromatic rings. The average molecular weight is 432 g/mol. The summed E-state index contributed by atoms with van der Waals surface area (Å²) in [6, 6.07) is 12.4. The predicted molar refractivity (Wildman–Crippen MR) is 106 cm³/mol. The Balaban J connectivity index is 1.37. The summed E-state index contributed by atoms with van der Waals surface area (Å²) < 4.78 is 33.3. The Morgan fingerprint density at radius 1 is 1.06 bits per heavy atom. The van der Waals surface area contributed by atoms with Crippen LogP contribution >= 0.6 is 0 Å². The maximum atomic E-state index is 12.2. The van der Waals surface area contributed by atoms with Gasteiger partial charge in [0.05, 0.1) is 11.9 Å². The Bertz CT molecular complexity index is 1070. The van der Waals surface area contributed by atoms with Gasteiger partial charge in [0, 0.05) is 17.6 Å². The molecule has 0 aliphatic rings. The number of alkyl halides is 2. The van der Waals surface area contributed by atoms with Crippen LogP contribution in [0.5, 0.6) is 5.75 Å². The summed E-state index contributed by atoms with van der Waals surface area (Å²) in [5.41, 5.74) is 1.25. The largest absolute Gasteiger partial charge is 0.456 e. The summed E-state index contributed by atoms with van der Waals surface area (Å²) in [6.45, 7) is -3.47. The van der Waals surface area contributed by atoms with Crippen molar-refractivity contribution in [2.24, 2.45) is 0 Å². The van der Waals surface area contributed by atoms with Gasteiger partial charge < -0.3 is 20.1 Å². The molecule has 162 valence electrons. The van der Waals surface area contributed by atoms with Crippen molar-refractivity contribution in [1.82, 2.24) is 15.5 Å². The summed E-state index contributed by atoms with van der Waals surface area (Å²) in [6.07, 6.45) is -0.138. The van der Waals surface area contributed by atoms with E-state index < -0.39 is 31.0 Å². The summed E-state index contributed by atoms with van der Waals surface area (Å²) in [7, 11) is 0. The van der Waals surface area contributed by atoms with Gasteiger partial charge in [0.1, 0.15) is 5.75 Å². The molecule has 1 aromatic heterocycles. The minimum atomic E-state index is -2.94. The molecule has 0 bridgehead atoms. The normalized spacial score (nSPS) is 10.7. The molecule has 0 aliphatic carbocycles. The van der Waals surface area contributed by atoms with E-state index in [1.54, 1.807) is 18.2 Å². The SMILES string of the molecule is O=C(COC(=O)CCNC(=O)c1n[nH]c2ccccc12)Nc1ccc(OC(F)F)cc1. The number of aromatic nitrogens is 2. The van der Waals surface area contributed by atoms with Gasteiger partial charge in [-0.1, -0.05) is 18.2 Å². The van der Waals surface area contributed by atoms with Crippen LogP contribution in [0.3, 0.4) is 0 Å². The quantitative estimate of drug-likeness (QED) is 0.447. The molecule has 0 saturated heterocycles. The molecular weight excluding hydrogens is 414 g/mol. The molecule has 0 saturated carbocycles. The minimum absolute atomic E-state index is 0.00602. The van der Waals surface area contributed by atoms with Crippen LogP contribution in [0.4, 0.5) is 14.5 Å². The monoisotopic (exact) mass is 432 g/mol. The third-order valence-corrected chi connectivity index (χ3v) is 4.03. The van der Waals surface area contributed by atoms with Crippen molar-refractivity contribution in [3.8, 4) is 5.75 Å². The van der Waals surface area contributed by atoms with Gasteiger partial charge in [-0.3, -0.25) is 19.5 Å². The van der Waals surface area contributed by atoms with Crippen LogP contribution in [-0.2, 0) is 14.3 Å². The van der Waals surface area contributed by atoms with E-state index in [1.165, 1.54) is 24.3 Å². The standard InChI is InChI=1S/C20H18F2N4O5/c21-20(22)31-13-7-5-12(6-8-13)24-16(27)11-30-17(28)9-10-23-19(29)18-14-3-1-2-4-15(14)25-26-18/h1-8,20H,9-11H2,(H,23,29)(H,24,27)(H,25,26). The second-order valence-corrected chi connectivity index (χ2v) is 6.24. The number of hydrogen-bond acceptors (Lipinski definition) is 6. The van der Waals surface area contributed by atoms with Crippen LogP contribution in [0, 0.1) is 0 Å². The zero-order chi connectivity index (χ0) is 22.2. The molecule has 0 unspecified atom stereocenters. The average Bonchev–Trinajstić information content (AvgIpc) is 3.17. The lowest BCUT2D eigenvalue weighted by Gasteiger charge is -2.08. The number of fused-ring (bicyclic) bond motifs is 1. The van der Waals surface area contributed by atoms with Crippen LogP contribution in [0.1, 0.15) is 16.9 Å². The third-order valence-electron chi connectivity index (χ3n) is 4.03. The summed E-state index contributed by atoms with van der Waals surface area (Å²) in [5, 5.41) is 12.4. The maximum absolute atomic E-state index is 12.2. The van der Waals surface area contributed by atoms with Crippen molar-refractivity contribution in [3.63, 3.8) is 0 Å². The van der Waals surface area contributed by atoms with Gasteiger partial charge in [-0.25, -0.2) is 0 Å². The van der Waals surface area contributed by atoms with E-state index in [9.17, 15) is 23.2 Å². The van der Waals surface area contributed by atoms with Gasteiger partial charge >= 0.3 is 12.6 Å². The number of carbonyl (C=O) groups is 3. The molecule has 2 aromatic carbocycles. The molecule has 0 spiro atoms. The molecule has 9 nitrogen and oxygen atoms in total. The molecule has 0 fully saturated rings. The lowest BCUT2D eigenvalue weighted by molar-refractivity contribution is -0.147. The smallest absolute Gasteiger partial charge is 0.387 e. The first-order valence-electron chi connectivity index (χ1n) is 9.14. The van der Waals surface area contributed by atoms with E-state index in [4.69, 9.17) is 4.74 Å². The van der Waals surface area contributed by atoms with Crippen molar-refractivity contribution in [2.75, 3.05) is 18.5 Å². The van der Waals surface area contributed by atoms with E-state index in [0.29, 0.717) is 16.6 Å². The Morgan fingerprint density at radius 2 is 1.81 bits per heavy atom. The number of carbonyl (C=O) groups excluding carboxylic acids is 3. The molecule has 3 N–H and O–H groups in total. The zero-order valence-electron chi connectivity index (χ0n) is 16.1. The predicted octanol–water partition coefficient (Wildman–Crippen LogP) is 2.47. The van der Waals surface area contributed by atoms with Crippen molar-refractivity contribution in [3.05, 3.63) is 54.2 Å². The van der Waals surface area contributed by atoms with Gasteiger partial charge in [-0.2, -0.15) is 13.9 Å². The van der Waals surface area contributed by atoms with Crippen LogP contribution in [0.2, 0.25) is 0 Å². The molecular formula is C20H18F2N4O5. The molecule has 11 heteroatoms. The number of ether oxygens (including phenoxy) is 2. The van der Waals surface area contributed by atoms with Crippen LogP contribution < -0.4 is 15.4 Å². The van der Waals surface area contributed by atoms with Crippen molar-refractivity contribution in [2.45, 2.75) is 13.0 Å². The van der Waals surface area contributed by atoms with Crippen LogP contribution in [-0.4, -0.2) is 47.7 Å². The molecule has 31 heavy (non-hydrogen) atoms. The van der Waals surface area contributed by atoms with Gasteiger partial charge in [0.25, 0.3) is 11.8 Å². The molecule has 3 rings (SSSR count). The van der Waals surface area contributed by atoms with Crippen LogP contribution in [0.25, 0.3) is 10.9 Å². The Morgan fingerprint density at radius 3 is 2.55 bits per heavy atom. The fourth-order valence-electron chi connectivity index (χ4n) is 2.63. The summed E-state index contributed by atoms with van der Waals surface area (Å²) >= 11 is 0. The van der Waals surface area contributed by atoms with Gasteiger partial charge in [0.15, 0.2) is 12.3 Å². The van der Waals surface area contributed by atoms with E-state index in [0.717, 1.165) is 0 Å². The number of nitrogens with zero attached hydrogens (tertiary/aromatic N) is 1. The molecule has 0 aliphatic heterocycles. The fourth-order valence-corrected chi connectivity index (χ4v) is 2.63. The molecule has 0 atom stereocenters. The maximum Gasteiger partial charge on any atom is 0.387 e. The summed E-state index contributed by atoms with van der Waals surface area (Å²) in [4.78, 5) is 35.8. The number of anilines is 1. The number of rotatable bonds is 9. The summed E-state index contributed by atoms with van der Waals surface area (Å²) in [5.74, 6) is -1.78. The number of para-hydroxylation sites is 1. The highest BCUT2D eigenvalue weighted by Crippen LogP contribution is 2.17. The number of halogens is 2. The molecule has 2 amide bonds. The number of esters is 1. The van der Waals surface area contributed by atoms with Gasteiger partial charge in [-0.15, -0.1) is 0 Å². The highest BCUT2D eigenvalue weighted by atomic mass is 19.3. The third kappa shape index (κ3) is 6.23. The van der Waals surface area contributed by atoms with Gasteiger partial charge in [-0.05, 0) is 30.3 Å². The number of benzene rings is 2. The first-order chi connectivity index (χ1) is 14.9. The first-order valence-corrected chi connectivity index (χ1v) is 9.14. The Kier molecular flexibility index (Phi) is 7.09. The lowest BCUT2D eigenvalue weighted by atomic mass is 10.2. The highest BCUT2D eigenvalue weighted by molar-refractivity contribution is 6.04. The topological polar surface area (TPSA) is 122 Å². The molecule has 1 heterocycles. The number of hydrogen-bond donors (Lipinski definition) is 3. The second kappa shape index (κ2) is 10.1. The number of H-pyrrole nitrogens is 1. The highest BCUT2D eigenvalue weighted by Gasteiger charge is 2.14. The fraction of sp³-hybridized carbons (Fsp3) is 0.200. The first kappa shape index (κ1) is 21.7. The van der Waals surface area contributed by atoms with E-state index in [1.807, 2.05) is 6.07 Å². The Labute approximate surface area is 174 Å². The lowest BCUT2D eigenvalue weighted by Crippen LogP contribution is -2.28. The van der Waals surface area contributed by atoms with Crippen LogP contribution in [0.15, 0.2) is 48.5 Å². The van der Waals surface area contributed by atoms with E-state index >= 15 is 0 Å². The number of nitrogens with one attached hydrogen (secondary N) is 3. The molecule has 0 radical (unpaired) electrons. The Hall–Kier alpha value is -4.02. The number of amides is 2.